The van der Waals surface area contributed by atoms with Crippen LogP contribution in [0, 0.1) is 23.7 Å². The second-order valence-electron chi connectivity index (χ2n) is 15.7. The van der Waals surface area contributed by atoms with E-state index in [4.69, 9.17) is 11.2 Å². The number of hydrogen-bond acceptors (Lipinski definition) is 7. The van der Waals surface area contributed by atoms with E-state index in [0.29, 0.717) is 25.7 Å². The summed E-state index contributed by atoms with van der Waals surface area (Å²) >= 11 is 0. The minimum Gasteiger partial charge on any atom is -0.460 e. The number of ether oxygens (including phenoxy) is 1. The summed E-state index contributed by atoms with van der Waals surface area (Å²) in [5.74, 6) is -0.978. The first kappa shape index (κ1) is 42.6. The summed E-state index contributed by atoms with van der Waals surface area (Å²) in [6, 6.07) is 13.4. The third kappa shape index (κ3) is 10.3. The maximum Gasteiger partial charge on any atom is 0.328 e. The van der Waals surface area contributed by atoms with Crippen LogP contribution in [0.15, 0.2) is 60.7 Å². The molecule has 0 saturated carbocycles. The Morgan fingerprint density at radius 2 is 1.40 bits per heavy atom. The zero-order valence-electron chi connectivity index (χ0n) is 33.2. The highest BCUT2D eigenvalue weighted by Crippen LogP contribution is 2.30. The van der Waals surface area contributed by atoms with Gasteiger partial charge in [-0.15, -0.1) is 12.3 Å². The monoisotopic (exact) mass is 755 g/mol. The van der Waals surface area contributed by atoms with Crippen LogP contribution in [0.25, 0.3) is 0 Å². The van der Waals surface area contributed by atoms with Crippen LogP contribution in [-0.2, 0) is 46.3 Å². The topological polar surface area (TPSA) is 145 Å². The van der Waals surface area contributed by atoms with E-state index in [1.54, 1.807) is 34.7 Å². The second-order valence-corrected chi connectivity index (χ2v) is 15.7. The summed E-state index contributed by atoms with van der Waals surface area (Å²) < 4.78 is 6.00. The molecule has 6 atom stereocenters. The number of cyclic esters (lactones) is 1. The molecule has 4 rings (SSSR count). The van der Waals surface area contributed by atoms with Crippen molar-refractivity contribution in [1.82, 2.24) is 25.3 Å². The van der Waals surface area contributed by atoms with Gasteiger partial charge < -0.3 is 30.1 Å². The van der Waals surface area contributed by atoms with Crippen molar-refractivity contribution in [2.75, 3.05) is 20.6 Å². The number of amides is 5. The molecule has 0 spiro atoms. The van der Waals surface area contributed by atoms with Gasteiger partial charge in [0.1, 0.15) is 36.3 Å². The van der Waals surface area contributed by atoms with Crippen LogP contribution in [0.4, 0.5) is 0 Å². The van der Waals surface area contributed by atoms with Crippen molar-refractivity contribution in [3.8, 4) is 12.3 Å². The number of terminal acetylenes is 1. The van der Waals surface area contributed by atoms with Crippen molar-refractivity contribution in [3.63, 3.8) is 0 Å². The first-order valence-electron chi connectivity index (χ1n) is 19.2. The number of nitrogens with zero attached hydrogens (tertiary/aromatic N) is 3. The Bertz CT molecular complexity index is 1720. The number of fused-ring (bicyclic) bond motifs is 1. The third-order valence-corrected chi connectivity index (χ3v) is 11.0. The zero-order valence-corrected chi connectivity index (χ0v) is 33.2. The largest absolute Gasteiger partial charge is 0.460 e. The summed E-state index contributed by atoms with van der Waals surface area (Å²) in [5, 5.41) is 5.68. The Labute approximate surface area is 325 Å². The van der Waals surface area contributed by atoms with E-state index in [2.05, 4.69) is 16.6 Å². The molecule has 0 aliphatic carbocycles. The van der Waals surface area contributed by atoms with E-state index in [1.165, 1.54) is 28.7 Å². The SMILES string of the molecule is C#CCCC[C@@H]1OC(=O)[C@@H](C)NC(=O)[C@H](Cc2ccccc2)N(C)C(=O)[C@@H]2CCCN2C(=O)[C@H](Cc2ccccc2)N(C)C(=O)[C@H](C(C)C)NC(=O)C1(C)C. The third-order valence-electron chi connectivity index (χ3n) is 11.0. The van der Waals surface area contributed by atoms with Crippen LogP contribution >= 0.6 is 0 Å². The van der Waals surface area contributed by atoms with Gasteiger partial charge in [0, 0.05) is 39.9 Å². The molecule has 2 heterocycles. The highest BCUT2D eigenvalue weighted by atomic mass is 16.5. The molecule has 2 aromatic rings. The fraction of sp³-hybridized carbons (Fsp3) is 0.535. The zero-order chi connectivity index (χ0) is 40.4. The Morgan fingerprint density at radius 3 is 1.96 bits per heavy atom. The number of hydrogen-bond donors (Lipinski definition) is 2. The Morgan fingerprint density at radius 1 is 0.836 bits per heavy atom. The van der Waals surface area contributed by atoms with Crippen LogP contribution < -0.4 is 10.6 Å². The van der Waals surface area contributed by atoms with E-state index in [9.17, 15) is 28.8 Å². The van der Waals surface area contributed by atoms with Gasteiger partial charge >= 0.3 is 5.97 Å². The van der Waals surface area contributed by atoms with Crippen LogP contribution in [0.2, 0.25) is 0 Å². The van der Waals surface area contributed by atoms with Gasteiger partial charge in [0.25, 0.3) is 0 Å². The molecule has 2 saturated heterocycles. The fourth-order valence-corrected chi connectivity index (χ4v) is 7.26. The number of benzene rings is 2. The van der Waals surface area contributed by atoms with Gasteiger partial charge in [-0.25, -0.2) is 4.79 Å². The molecule has 2 aliphatic rings. The van der Waals surface area contributed by atoms with Crippen molar-refractivity contribution >= 4 is 35.5 Å². The van der Waals surface area contributed by atoms with Gasteiger partial charge in [0.2, 0.25) is 29.5 Å². The van der Waals surface area contributed by atoms with E-state index in [0.717, 1.165) is 11.1 Å². The number of unbranched alkanes of at least 4 members (excludes halogenated alkanes) is 1. The highest BCUT2D eigenvalue weighted by molar-refractivity contribution is 5.97. The van der Waals surface area contributed by atoms with Crippen LogP contribution in [0.3, 0.4) is 0 Å². The van der Waals surface area contributed by atoms with Crippen LogP contribution in [0.5, 0.6) is 0 Å². The Kier molecular flexibility index (Phi) is 14.6. The van der Waals surface area contributed by atoms with Crippen molar-refractivity contribution in [1.29, 1.82) is 0 Å². The van der Waals surface area contributed by atoms with Gasteiger partial charge in [-0.1, -0.05) is 74.5 Å². The summed E-state index contributed by atoms with van der Waals surface area (Å²) in [5.41, 5.74) is 0.266. The second kappa shape index (κ2) is 18.9. The van der Waals surface area contributed by atoms with Crippen LogP contribution in [-0.4, -0.2) is 107 Å². The molecule has 296 valence electrons. The quantitative estimate of drug-likeness (QED) is 0.238. The summed E-state index contributed by atoms with van der Waals surface area (Å²) in [6.07, 6.45) is 6.86. The number of esters is 1. The summed E-state index contributed by atoms with van der Waals surface area (Å²) in [4.78, 5) is 89.9. The van der Waals surface area contributed by atoms with Crippen molar-refractivity contribution in [2.45, 2.75) is 116 Å². The van der Waals surface area contributed by atoms with Crippen molar-refractivity contribution < 1.29 is 33.5 Å². The number of nitrogens with one attached hydrogen (secondary N) is 2. The first-order chi connectivity index (χ1) is 26.1. The van der Waals surface area contributed by atoms with Crippen LogP contribution in [0.1, 0.15) is 77.8 Å². The molecule has 12 heteroatoms. The molecule has 5 amide bonds. The lowest BCUT2D eigenvalue weighted by Crippen LogP contribution is -2.60. The van der Waals surface area contributed by atoms with E-state index in [-0.39, 0.29) is 31.7 Å². The maximum atomic E-state index is 14.7. The van der Waals surface area contributed by atoms with Crippen molar-refractivity contribution in [2.24, 2.45) is 11.3 Å². The van der Waals surface area contributed by atoms with Gasteiger partial charge in [-0.05, 0) is 63.5 Å². The normalized spacial score (nSPS) is 26.0. The molecule has 0 unspecified atom stereocenters. The number of rotatable bonds is 8. The smallest absolute Gasteiger partial charge is 0.328 e. The Hall–Kier alpha value is -5.18. The van der Waals surface area contributed by atoms with Gasteiger partial charge in [0.05, 0.1) is 5.41 Å². The van der Waals surface area contributed by atoms with E-state index in [1.807, 2.05) is 60.7 Å². The van der Waals surface area contributed by atoms with Gasteiger partial charge in [-0.2, -0.15) is 0 Å². The number of carbonyl (C=O) groups is 6. The first-order valence-corrected chi connectivity index (χ1v) is 19.2. The summed E-state index contributed by atoms with van der Waals surface area (Å²) in [7, 11) is 3.09. The molecule has 2 aliphatic heterocycles. The highest BCUT2D eigenvalue weighted by Gasteiger charge is 2.46. The van der Waals surface area contributed by atoms with E-state index < -0.39 is 77.2 Å². The van der Waals surface area contributed by atoms with Gasteiger partial charge in [-0.3, -0.25) is 24.0 Å². The standard InChI is InChI=1S/C43H57N5O7/c1-9-10-13-24-35-43(5,6)42(54)45-36(28(2)3)40(52)47(8)34(27-31-21-16-12-17-22-31)39(51)48-25-18-23-32(48)38(50)46(7)33(26-30-19-14-11-15-20-30)37(49)44-29(4)41(53)55-35/h1,11-12,14-17,19-22,28-29,32-36H,10,13,18,23-27H2,2-8H3,(H,44,49)(H,45,54)/t29-,32+,33+,34+,35+,36+/m1/s1. The molecule has 12 nitrogen and oxygen atoms in total. The average Bonchev–Trinajstić information content (AvgIpc) is 3.66. The molecular weight excluding hydrogens is 699 g/mol. The minimum atomic E-state index is -1.34. The molecule has 0 radical (unpaired) electrons. The average molecular weight is 756 g/mol. The molecule has 2 fully saturated rings. The van der Waals surface area contributed by atoms with Gasteiger partial charge in [0.15, 0.2) is 0 Å². The van der Waals surface area contributed by atoms with E-state index >= 15 is 0 Å². The molecule has 0 bridgehead atoms. The summed E-state index contributed by atoms with van der Waals surface area (Å²) in [6.45, 7) is 8.66. The molecular formula is C43H57N5O7. The Balaban J connectivity index is 1.83. The molecule has 0 aromatic heterocycles. The lowest BCUT2D eigenvalue weighted by atomic mass is 9.82. The molecule has 2 N–H and O–H groups in total. The predicted octanol–water partition coefficient (Wildman–Crippen LogP) is 3.52. The molecule has 2 aromatic carbocycles. The lowest BCUT2D eigenvalue weighted by molar-refractivity contribution is -0.163. The maximum absolute atomic E-state index is 14.7. The molecule has 55 heavy (non-hydrogen) atoms. The lowest BCUT2D eigenvalue weighted by Gasteiger charge is -2.38. The van der Waals surface area contributed by atoms with Crippen molar-refractivity contribution in [3.05, 3.63) is 71.8 Å². The minimum absolute atomic E-state index is 0.143. The fourth-order valence-electron chi connectivity index (χ4n) is 7.26. The number of likely N-dealkylation sites (N-methyl/N-ethyl adjacent to an activating group) is 2. The number of carbonyl (C=O) groups excluding carboxylic acids is 6. The predicted molar refractivity (Wildman–Crippen MR) is 209 cm³/mol.